The van der Waals surface area contributed by atoms with Crippen LogP contribution in [0.5, 0.6) is 0 Å². The lowest BCUT2D eigenvalue weighted by atomic mass is 9.89. The molecule has 3 heterocycles. The van der Waals surface area contributed by atoms with Gasteiger partial charge in [0.2, 0.25) is 0 Å². The number of para-hydroxylation sites is 1. The highest BCUT2D eigenvalue weighted by atomic mass is 35.5. The Morgan fingerprint density at radius 3 is 2.69 bits per heavy atom. The van der Waals surface area contributed by atoms with E-state index in [1.165, 1.54) is 27.8 Å². The molecule has 0 unspecified atom stereocenters. The molecule has 0 atom stereocenters. The Morgan fingerprint density at radius 2 is 1.86 bits per heavy atom. The molecule has 146 valence electrons. The predicted molar refractivity (Wildman–Crippen MR) is 119 cm³/mol. The van der Waals surface area contributed by atoms with Crippen LogP contribution in [-0.4, -0.2) is 33.9 Å². The fourth-order valence-electron chi connectivity index (χ4n) is 4.11. The van der Waals surface area contributed by atoms with Crippen molar-refractivity contribution in [1.29, 1.82) is 0 Å². The van der Waals surface area contributed by atoms with Crippen LogP contribution in [0.3, 0.4) is 0 Å². The summed E-state index contributed by atoms with van der Waals surface area (Å²) in [6.07, 6.45) is 5.76. The van der Waals surface area contributed by atoms with Gasteiger partial charge >= 0.3 is 0 Å². The first-order chi connectivity index (χ1) is 14.2. The molecule has 1 aliphatic rings. The van der Waals surface area contributed by atoms with Crippen molar-refractivity contribution in [2.45, 2.75) is 18.8 Å². The predicted octanol–water partition coefficient (Wildman–Crippen LogP) is 5.96. The van der Waals surface area contributed by atoms with Crippen LogP contribution in [0.2, 0.25) is 5.02 Å². The van der Waals surface area contributed by atoms with Gasteiger partial charge in [-0.3, -0.25) is 4.79 Å². The summed E-state index contributed by atoms with van der Waals surface area (Å²) in [6.45, 7) is 1.53. The molecule has 2 aromatic carbocycles. The number of carbonyl (C=O) groups is 1. The zero-order chi connectivity index (χ0) is 19.8. The molecule has 1 amide bonds. The average molecular weight is 422 g/mol. The minimum absolute atomic E-state index is 0.0678. The van der Waals surface area contributed by atoms with Gasteiger partial charge in [-0.05, 0) is 36.5 Å². The number of benzene rings is 2. The number of aromatic nitrogens is 2. The number of hydrogen-bond acceptors (Lipinski definition) is 3. The number of H-pyrrole nitrogens is 1. The fraction of sp³-hybridized carbons (Fsp3) is 0.217. The molecule has 0 aliphatic carbocycles. The normalized spacial score (nSPS) is 15.1. The third-order valence-electron chi connectivity index (χ3n) is 5.66. The lowest BCUT2D eigenvalue weighted by molar-refractivity contribution is 0.0718. The highest BCUT2D eigenvalue weighted by Gasteiger charge is 2.27. The summed E-state index contributed by atoms with van der Waals surface area (Å²) in [5.41, 5.74) is 3.42. The van der Waals surface area contributed by atoms with Crippen LogP contribution in [0.15, 0.2) is 60.9 Å². The van der Waals surface area contributed by atoms with Gasteiger partial charge in [-0.15, -0.1) is 11.3 Å². The summed E-state index contributed by atoms with van der Waals surface area (Å²) < 4.78 is 0. The Hall–Kier alpha value is -2.63. The van der Waals surface area contributed by atoms with Crippen molar-refractivity contribution in [2.24, 2.45) is 0 Å². The molecule has 1 saturated heterocycles. The van der Waals surface area contributed by atoms with Crippen molar-refractivity contribution in [3.8, 4) is 10.6 Å². The largest absolute Gasteiger partial charge is 0.361 e. The Bertz CT molecular complexity index is 1170. The van der Waals surface area contributed by atoms with E-state index in [2.05, 4.69) is 40.4 Å². The van der Waals surface area contributed by atoms with Crippen LogP contribution in [0.4, 0.5) is 0 Å². The summed E-state index contributed by atoms with van der Waals surface area (Å²) >= 11 is 7.68. The van der Waals surface area contributed by atoms with Crippen LogP contribution >= 0.6 is 22.9 Å². The number of nitrogens with zero attached hydrogens (tertiary/aromatic N) is 2. The van der Waals surface area contributed by atoms with E-state index in [-0.39, 0.29) is 5.91 Å². The van der Waals surface area contributed by atoms with Gasteiger partial charge in [0.05, 0.1) is 11.2 Å². The van der Waals surface area contributed by atoms with Crippen LogP contribution in [0, 0.1) is 0 Å². The molecule has 1 N–H and O–H groups in total. The first kappa shape index (κ1) is 18.4. The molecule has 6 heteroatoms. The van der Waals surface area contributed by atoms with Gasteiger partial charge < -0.3 is 9.88 Å². The fourth-order valence-corrected chi connectivity index (χ4v) is 5.32. The maximum absolute atomic E-state index is 13.0. The molecular formula is C23H20ClN3OS. The maximum atomic E-state index is 13.0. The van der Waals surface area contributed by atoms with E-state index in [4.69, 9.17) is 11.6 Å². The quantitative estimate of drug-likeness (QED) is 0.443. The number of amides is 1. The second-order valence-electron chi connectivity index (χ2n) is 7.37. The Morgan fingerprint density at radius 1 is 1.10 bits per heavy atom. The van der Waals surface area contributed by atoms with E-state index in [0.29, 0.717) is 15.8 Å². The van der Waals surface area contributed by atoms with Gasteiger partial charge in [0.25, 0.3) is 5.91 Å². The number of aromatic amines is 1. The number of carbonyl (C=O) groups excluding carboxylic acids is 1. The Labute approximate surface area is 178 Å². The second kappa shape index (κ2) is 7.65. The SMILES string of the molecule is O=C(c1cnc(-c2ccccc2Cl)s1)N1CCC(c2c[nH]c3ccccc23)CC1. The third-order valence-corrected chi connectivity index (χ3v) is 7.01. The van der Waals surface area contributed by atoms with Gasteiger partial charge in [-0.2, -0.15) is 0 Å². The molecular weight excluding hydrogens is 402 g/mol. The van der Waals surface area contributed by atoms with E-state index in [1.54, 1.807) is 6.20 Å². The minimum atomic E-state index is 0.0678. The molecule has 5 rings (SSSR count). The van der Waals surface area contributed by atoms with Gasteiger partial charge in [0.15, 0.2) is 0 Å². The molecule has 0 saturated carbocycles. The minimum Gasteiger partial charge on any atom is -0.361 e. The summed E-state index contributed by atoms with van der Waals surface area (Å²) in [4.78, 5) is 23.4. The second-order valence-corrected chi connectivity index (χ2v) is 8.80. The number of hydrogen-bond donors (Lipinski definition) is 1. The zero-order valence-electron chi connectivity index (χ0n) is 15.8. The first-order valence-electron chi connectivity index (χ1n) is 9.77. The smallest absolute Gasteiger partial charge is 0.265 e. The van der Waals surface area contributed by atoms with Crippen molar-refractivity contribution in [1.82, 2.24) is 14.9 Å². The lowest BCUT2D eigenvalue weighted by Gasteiger charge is -2.31. The lowest BCUT2D eigenvalue weighted by Crippen LogP contribution is -2.37. The van der Waals surface area contributed by atoms with Gasteiger partial charge in [0.1, 0.15) is 9.88 Å². The zero-order valence-corrected chi connectivity index (χ0v) is 17.3. The molecule has 29 heavy (non-hydrogen) atoms. The average Bonchev–Trinajstić information content (AvgIpc) is 3.41. The number of piperidine rings is 1. The van der Waals surface area contributed by atoms with E-state index in [9.17, 15) is 4.79 Å². The maximum Gasteiger partial charge on any atom is 0.265 e. The highest BCUT2D eigenvalue weighted by molar-refractivity contribution is 7.17. The number of likely N-dealkylation sites (tertiary alicyclic amines) is 1. The van der Waals surface area contributed by atoms with Gasteiger partial charge in [-0.25, -0.2) is 4.98 Å². The Kier molecular flexibility index (Phi) is 4.86. The standard InChI is InChI=1S/C23H20ClN3OS/c24-19-7-3-1-6-17(19)22-26-14-21(29-22)23(28)27-11-9-15(10-12-27)18-13-25-20-8-4-2-5-16(18)20/h1-8,13-15,25H,9-12H2. The molecule has 1 aliphatic heterocycles. The first-order valence-corrected chi connectivity index (χ1v) is 11.0. The van der Waals surface area contributed by atoms with Crippen molar-refractivity contribution < 1.29 is 4.79 Å². The molecule has 0 bridgehead atoms. The van der Waals surface area contributed by atoms with Crippen molar-refractivity contribution in [3.05, 3.63) is 76.4 Å². The van der Waals surface area contributed by atoms with Crippen LogP contribution in [0.1, 0.15) is 34.0 Å². The molecule has 1 fully saturated rings. The number of rotatable bonds is 3. The summed E-state index contributed by atoms with van der Waals surface area (Å²) in [5.74, 6) is 0.550. The number of thiazole rings is 1. The summed E-state index contributed by atoms with van der Waals surface area (Å²) in [5, 5.41) is 2.73. The van der Waals surface area contributed by atoms with Gasteiger partial charge in [-0.1, -0.05) is 48.0 Å². The molecule has 0 radical (unpaired) electrons. The summed E-state index contributed by atoms with van der Waals surface area (Å²) in [7, 11) is 0. The molecule has 4 aromatic rings. The van der Waals surface area contributed by atoms with Gasteiger partial charge in [0, 0.05) is 35.8 Å². The van der Waals surface area contributed by atoms with E-state index < -0.39 is 0 Å². The topological polar surface area (TPSA) is 49.0 Å². The van der Waals surface area contributed by atoms with E-state index >= 15 is 0 Å². The third kappa shape index (κ3) is 3.45. The molecule has 2 aromatic heterocycles. The summed E-state index contributed by atoms with van der Waals surface area (Å²) in [6, 6.07) is 16.0. The highest BCUT2D eigenvalue weighted by Crippen LogP contribution is 2.35. The number of nitrogens with one attached hydrogen (secondary N) is 1. The number of halogens is 1. The Balaban J connectivity index is 1.29. The van der Waals surface area contributed by atoms with Crippen molar-refractivity contribution in [2.75, 3.05) is 13.1 Å². The van der Waals surface area contributed by atoms with E-state index in [1.807, 2.05) is 29.2 Å². The van der Waals surface area contributed by atoms with E-state index in [0.717, 1.165) is 36.5 Å². The monoisotopic (exact) mass is 421 g/mol. The number of fused-ring (bicyclic) bond motifs is 1. The van der Waals surface area contributed by atoms with Crippen molar-refractivity contribution in [3.63, 3.8) is 0 Å². The van der Waals surface area contributed by atoms with Crippen molar-refractivity contribution >= 4 is 39.7 Å². The molecule has 0 spiro atoms. The van der Waals surface area contributed by atoms with Crippen LogP contribution < -0.4 is 0 Å². The molecule has 4 nitrogen and oxygen atoms in total. The van der Waals surface area contributed by atoms with Crippen LogP contribution in [-0.2, 0) is 0 Å². The van der Waals surface area contributed by atoms with Crippen LogP contribution in [0.25, 0.3) is 21.5 Å².